The lowest BCUT2D eigenvalue weighted by molar-refractivity contribution is 0.144. The summed E-state index contributed by atoms with van der Waals surface area (Å²) >= 11 is 0. The number of guanidine groups is 1. The van der Waals surface area contributed by atoms with Crippen molar-refractivity contribution < 1.29 is 17.9 Å². The average molecular weight is 328 g/mol. The highest BCUT2D eigenvalue weighted by atomic mass is 32.2. The molecule has 1 aliphatic rings. The summed E-state index contributed by atoms with van der Waals surface area (Å²) in [5.41, 5.74) is 0. The number of aliphatic imine (C=N–C) groups is 1. The minimum Gasteiger partial charge on any atom is -0.497 e. The molecule has 1 aliphatic heterocycles. The van der Waals surface area contributed by atoms with E-state index in [-0.39, 0.29) is 10.9 Å². The third-order valence-corrected chi connectivity index (χ3v) is 4.47. The summed E-state index contributed by atoms with van der Waals surface area (Å²) in [7, 11) is -0.502. The molecule has 0 bridgehead atoms. The van der Waals surface area contributed by atoms with Gasteiger partial charge in [0.2, 0.25) is 5.96 Å². The van der Waals surface area contributed by atoms with Gasteiger partial charge in [0.1, 0.15) is 5.75 Å². The minimum atomic E-state index is -3.66. The molecule has 0 aliphatic carbocycles. The van der Waals surface area contributed by atoms with E-state index in [9.17, 15) is 8.42 Å². The molecule has 0 atom stereocenters. The lowest BCUT2D eigenvalue weighted by Crippen LogP contribution is -2.50. The highest BCUT2D eigenvalue weighted by Crippen LogP contribution is 2.15. The van der Waals surface area contributed by atoms with Crippen LogP contribution in [-0.4, -0.2) is 60.0 Å². The predicted octanol–water partition coefficient (Wildman–Crippen LogP) is -0.204. The quantitative estimate of drug-likeness (QED) is 0.751. The van der Waals surface area contributed by atoms with Gasteiger partial charge in [0, 0.05) is 13.7 Å². The number of rotatable bonds is 6. The largest absolute Gasteiger partial charge is 0.497 e. The molecule has 0 fully saturated rings. The molecule has 0 aromatic heterocycles. The van der Waals surface area contributed by atoms with Crippen molar-refractivity contribution in [1.29, 1.82) is 0 Å². The second kappa shape index (κ2) is 7.43. The molecule has 0 radical (unpaired) electrons. The number of sulfonamides is 1. The zero-order valence-electron chi connectivity index (χ0n) is 12.6. The maximum absolute atomic E-state index is 12.2. The van der Waals surface area contributed by atoms with Gasteiger partial charge in [-0.05, 0) is 24.3 Å². The van der Waals surface area contributed by atoms with Crippen LogP contribution in [0.4, 0.5) is 0 Å². The summed E-state index contributed by atoms with van der Waals surface area (Å²) in [6, 6.07) is 6.15. The van der Waals surface area contributed by atoms with Crippen LogP contribution in [0.3, 0.4) is 0 Å². The Balaban J connectivity index is 1.98. The summed E-state index contributed by atoms with van der Waals surface area (Å²) in [6.45, 7) is 2.25. The highest BCUT2D eigenvalue weighted by molar-refractivity contribution is 7.90. The smallest absolute Gasteiger partial charge is 0.264 e. The average Bonchev–Trinajstić information content (AvgIpc) is 2.54. The topological polar surface area (TPSA) is 92.3 Å². The first kappa shape index (κ1) is 16.5. The van der Waals surface area contributed by atoms with Gasteiger partial charge in [-0.3, -0.25) is 4.90 Å². The van der Waals surface area contributed by atoms with Crippen molar-refractivity contribution in [1.82, 2.24) is 14.9 Å². The Morgan fingerprint density at radius 3 is 2.59 bits per heavy atom. The molecule has 0 amide bonds. The minimum absolute atomic E-state index is 0.152. The Morgan fingerprint density at radius 1 is 1.32 bits per heavy atom. The van der Waals surface area contributed by atoms with Crippen LogP contribution in [0, 0.1) is 0 Å². The molecule has 2 rings (SSSR count). The van der Waals surface area contributed by atoms with Gasteiger partial charge in [0.05, 0.1) is 31.9 Å². The van der Waals surface area contributed by atoms with E-state index in [4.69, 9.17) is 9.47 Å². The van der Waals surface area contributed by atoms with Crippen LogP contribution in [0.25, 0.3) is 0 Å². The van der Waals surface area contributed by atoms with Crippen LogP contribution in [0.1, 0.15) is 0 Å². The molecule has 22 heavy (non-hydrogen) atoms. The molecular weight excluding hydrogens is 308 g/mol. The third-order valence-electron chi connectivity index (χ3n) is 3.11. The van der Waals surface area contributed by atoms with Gasteiger partial charge in [0.15, 0.2) is 0 Å². The summed E-state index contributed by atoms with van der Waals surface area (Å²) in [6.07, 6.45) is 0. The van der Waals surface area contributed by atoms with E-state index in [2.05, 4.69) is 15.0 Å². The van der Waals surface area contributed by atoms with Gasteiger partial charge >= 0.3 is 0 Å². The van der Waals surface area contributed by atoms with Gasteiger partial charge < -0.3 is 14.8 Å². The normalized spacial score (nSPS) is 15.8. The molecule has 0 spiro atoms. The number of nitrogens with one attached hydrogen (secondary N) is 2. The third kappa shape index (κ3) is 4.33. The summed E-state index contributed by atoms with van der Waals surface area (Å²) in [5, 5.41) is 2.93. The van der Waals surface area contributed by atoms with Crippen LogP contribution in [0.15, 0.2) is 34.2 Å². The van der Waals surface area contributed by atoms with Crippen molar-refractivity contribution in [3.8, 4) is 5.75 Å². The summed E-state index contributed by atoms with van der Waals surface area (Å²) in [4.78, 5) is 6.32. The molecule has 0 saturated carbocycles. The van der Waals surface area contributed by atoms with Crippen molar-refractivity contribution in [2.75, 3.05) is 40.7 Å². The van der Waals surface area contributed by atoms with Crippen molar-refractivity contribution in [3.63, 3.8) is 0 Å². The molecule has 1 heterocycles. The van der Waals surface area contributed by atoms with E-state index in [0.717, 1.165) is 6.54 Å². The first-order valence-electron chi connectivity index (χ1n) is 6.71. The SMILES string of the molecule is COCCN1CN=C(NS(=O)(=O)c2ccc(OC)cc2)NC1. The van der Waals surface area contributed by atoms with Crippen molar-refractivity contribution in [2.24, 2.45) is 4.99 Å². The number of benzene rings is 1. The molecule has 1 aromatic carbocycles. The fraction of sp³-hybridized carbons (Fsp3) is 0.462. The lowest BCUT2D eigenvalue weighted by atomic mass is 10.3. The van der Waals surface area contributed by atoms with E-state index < -0.39 is 10.0 Å². The van der Waals surface area contributed by atoms with E-state index in [0.29, 0.717) is 25.7 Å². The predicted molar refractivity (Wildman–Crippen MR) is 82.2 cm³/mol. The fourth-order valence-electron chi connectivity index (χ4n) is 1.84. The van der Waals surface area contributed by atoms with Crippen LogP contribution in [0.2, 0.25) is 0 Å². The Labute approximate surface area is 130 Å². The second-order valence-corrected chi connectivity index (χ2v) is 6.33. The monoisotopic (exact) mass is 328 g/mol. The molecule has 0 unspecified atom stereocenters. The van der Waals surface area contributed by atoms with Crippen LogP contribution < -0.4 is 14.8 Å². The Bertz CT molecular complexity index is 615. The molecule has 8 nitrogen and oxygen atoms in total. The fourth-order valence-corrected chi connectivity index (χ4v) is 2.85. The number of methoxy groups -OCH3 is 2. The molecule has 0 saturated heterocycles. The summed E-state index contributed by atoms with van der Waals surface area (Å²) < 4.78 is 36.9. The van der Waals surface area contributed by atoms with E-state index in [1.165, 1.54) is 19.2 Å². The molecular formula is C13H20N4O4S. The van der Waals surface area contributed by atoms with Crippen molar-refractivity contribution in [2.45, 2.75) is 4.90 Å². The Hall–Kier alpha value is -1.84. The van der Waals surface area contributed by atoms with Gasteiger partial charge in [-0.1, -0.05) is 0 Å². The van der Waals surface area contributed by atoms with Crippen LogP contribution in [0.5, 0.6) is 5.75 Å². The Kier molecular flexibility index (Phi) is 5.58. The second-order valence-electron chi connectivity index (χ2n) is 4.65. The Morgan fingerprint density at radius 2 is 2.05 bits per heavy atom. The zero-order valence-corrected chi connectivity index (χ0v) is 13.4. The molecule has 1 aromatic rings. The van der Waals surface area contributed by atoms with Gasteiger partial charge in [-0.25, -0.2) is 18.1 Å². The maximum Gasteiger partial charge on any atom is 0.264 e. The lowest BCUT2D eigenvalue weighted by Gasteiger charge is -2.26. The number of hydrogen-bond donors (Lipinski definition) is 2. The molecule has 9 heteroatoms. The zero-order chi connectivity index (χ0) is 16.0. The number of ether oxygens (including phenoxy) is 2. The van der Waals surface area contributed by atoms with Gasteiger partial charge in [-0.2, -0.15) is 0 Å². The highest BCUT2D eigenvalue weighted by Gasteiger charge is 2.19. The van der Waals surface area contributed by atoms with Gasteiger partial charge in [-0.15, -0.1) is 0 Å². The standard InChI is InChI=1S/C13H20N4O4S/c1-20-8-7-17-9-14-13(15-10-17)16-22(18,19)12-5-3-11(21-2)4-6-12/h3-6H,7-10H2,1-2H3,(H2,14,15,16). The van der Waals surface area contributed by atoms with E-state index in [1.807, 2.05) is 4.90 Å². The van der Waals surface area contributed by atoms with E-state index in [1.54, 1.807) is 19.2 Å². The maximum atomic E-state index is 12.2. The number of nitrogens with zero attached hydrogens (tertiary/aromatic N) is 2. The first-order chi connectivity index (χ1) is 10.5. The summed E-state index contributed by atoms with van der Waals surface area (Å²) in [5.74, 6) is 0.838. The van der Waals surface area contributed by atoms with E-state index >= 15 is 0 Å². The van der Waals surface area contributed by atoms with Gasteiger partial charge in [0.25, 0.3) is 10.0 Å². The number of hydrogen-bond acceptors (Lipinski definition) is 7. The van der Waals surface area contributed by atoms with Crippen LogP contribution in [-0.2, 0) is 14.8 Å². The van der Waals surface area contributed by atoms with Crippen molar-refractivity contribution in [3.05, 3.63) is 24.3 Å². The van der Waals surface area contributed by atoms with Crippen molar-refractivity contribution >= 4 is 16.0 Å². The first-order valence-corrected chi connectivity index (χ1v) is 8.20. The van der Waals surface area contributed by atoms with Crippen LogP contribution >= 0.6 is 0 Å². The molecule has 2 N–H and O–H groups in total. The molecule has 122 valence electrons.